The summed E-state index contributed by atoms with van der Waals surface area (Å²) in [6.07, 6.45) is 0.588. The highest BCUT2D eigenvalue weighted by molar-refractivity contribution is 7.92. The molecule has 1 aliphatic rings. The molecule has 0 fully saturated rings. The van der Waals surface area contributed by atoms with E-state index in [1.54, 1.807) is 25.1 Å². The minimum absolute atomic E-state index is 0.0454. The summed E-state index contributed by atoms with van der Waals surface area (Å²) in [5, 5.41) is 3.80. The van der Waals surface area contributed by atoms with Crippen LogP contribution in [0, 0.1) is 17.5 Å². The minimum Gasteiger partial charge on any atom is -0.359 e. The Balaban J connectivity index is 1.57. The lowest BCUT2D eigenvalue weighted by atomic mass is 9.93. The van der Waals surface area contributed by atoms with E-state index < -0.39 is 33.5 Å². The summed E-state index contributed by atoms with van der Waals surface area (Å²) in [7, 11) is -3.94. The second-order valence-electron chi connectivity index (χ2n) is 9.55. The number of nitrogens with zero attached hydrogens (tertiary/aromatic N) is 2. The Hall–Kier alpha value is -2.85. The molecule has 0 saturated carbocycles. The van der Waals surface area contributed by atoms with Crippen LogP contribution in [0.25, 0.3) is 0 Å². The molecule has 1 aromatic heterocycles. The zero-order chi connectivity index (χ0) is 24.8. The van der Waals surface area contributed by atoms with Crippen molar-refractivity contribution in [1.29, 1.82) is 0 Å². The summed E-state index contributed by atoms with van der Waals surface area (Å²) in [5.74, 6) is -2.54. The molecule has 0 amide bonds. The maximum atomic E-state index is 14.3. The van der Waals surface area contributed by atoms with E-state index in [4.69, 9.17) is 4.52 Å². The molecule has 0 aliphatic carbocycles. The molecule has 34 heavy (non-hydrogen) atoms. The maximum absolute atomic E-state index is 14.3. The number of fused-ring (bicyclic) bond motifs is 1. The van der Waals surface area contributed by atoms with E-state index in [0.29, 0.717) is 31.3 Å². The summed E-state index contributed by atoms with van der Waals surface area (Å²) < 4.78 is 75.3. The molecule has 0 spiro atoms. The molecule has 10 heteroatoms. The first kappa shape index (κ1) is 24.3. The predicted molar refractivity (Wildman–Crippen MR) is 121 cm³/mol. The van der Waals surface area contributed by atoms with Crippen LogP contribution < -0.4 is 4.72 Å². The topological polar surface area (TPSA) is 75.4 Å². The van der Waals surface area contributed by atoms with Crippen molar-refractivity contribution in [3.05, 3.63) is 76.3 Å². The highest BCUT2D eigenvalue weighted by Crippen LogP contribution is 2.32. The third kappa shape index (κ3) is 4.83. The largest absolute Gasteiger partial charge is 0.359 e. The van der Waals surface area contributed by atoms with Gasteiger partial charge in [-0.1, -0.05) is 32.0 Å². The molecule has 6 nitrogen and oxygen atoms in total. The van der Waals surface area contributed by atoms with Gasteiger partial charge in [-0.2, -0.15) is 0 Å². The second kappa shape index (κ2) is 8.74. The van der Waals surface area contributed by atoms with Crippen LogP contribution in [0.2, 0.25) is 0 Å². The van der Waals surface area contributed by atoms with Crippen LogP contribution in [-0.2, 0) is 28.4 Å². The molecule has 2 aromatic carbocycles. The van der Waals surface area contributed by atoms with Crippen molar-refractivity contribution in [2.45, 2.75) is 57.0 Å². The number of hydrogen-bond donors (Lipinski definition) is 1. The molecule has 182 valence electrons. The molecule has 1 aliphatic heterocycles. The van der Waals surface area contributed by atoms with Gasteiger partial charge in [-0.3, -0.25) is 9.62 Å². The Morgan fingerprint density at radius 2 is 1.82 bits per heavy atom. The number of rotatable bonds is 5. The van der Waals surface area contributed by atoms with Gasteiger partial charge in [0.25, 0.3) is 10.0 Å². The number of halogens is 3. The molecule has 1 atom stereocenters. The molecular formula is C24H26F3N3O3S. The van der Waals surface area contributed by atoms with Crippen molar-refractivity contribution >= 4 is 15.8 Å². The standard InChI is InChI=1S/C24H26F3N3O3S/c1-14(19-10-17(25)11-20(26)23(19)27)30-8-7-15-5-6-18(9-16(15)13-30)34(31,32)29-22-12-21(33-28-22)24(2,3)4/h5-6,9-12,14H,7-8,13H2,1-4H3,(H,28,29). The average molecular weight is 494 g/mol. The van der Waals surface area contributed by atoms with Crippen LogP contribution in [0.15, 0.2) is 45.8 Å². The number of sulfonamides is 1. The van der Waals surface area contributed by atoms with Gasteiger partial charge in [0.15, 0.2) is 17.5 Å². The fourth-order valence-corrected chi connectivity index (χ4v) is 5.04. The van der Waals surface area contributed by atoms with E-state index in [0.717, 1.165) is 17.2 Å². The van der Waals surface area contributed by atoms with Crippen molar-refractivity contribution < 1.29 is 26.1 Å². The Bertz CT molecular complexity index is 1330. The molecule has 0 bridgehead atoms. The van der Waals surface area contributed by atoms with Crippen LogP contribution in [-0.4, -0.2) is 25.0 Å². The molecule has 2 heterocycles. The van der Waals surface area contributed by atoms with Gasteiger partial charge < -0.3 is 4.52 Å². The average Bonchev–Trinajstić information content (AvgIpc) is 3.23. The monoisotopic (exact) mass is 493 g/mol. The van der Waals surface area contributed by atoms with Crippen LogP contribution >= 0.6 is 0 Å². The summed E-state index contributed by atoms with van der Waals surface area (Å²) in [6, 6.07) is 7.27. The predicted octanol–water partition coefficient (Wildman–Crippen LogP) is 5.31. The molecule has 0 saturated heterocycles. The summed E-state index contributed by atoms with van der Waals surface area (Å²) in [5.41, 5.74) is 1.30. The first-order chi connectivity index (χ1) is 15.8. The fraction of sp³-hybridized carbons (Fsp3) is 0.375. The van der Waals surface area contributed by atoms with Crippen molar-refractivity contribution in [2.24, 2.45) is 0 Å². The van der Waals surface area contributed by atoms with E-state index >= 15 is 0 Å². The summed E-state index contributed by atoms with van der Waals surface area (Å²) in [6.45, 7) is 8.27. The van der Waals surface area contributed by atoms with Crippen LogP contribution in [0.3, 0.4) is 0 Å². The molecule has 4 rings (SSSR count). The van der Waals surface area contributed by atoms with E-state index in [1.807, 2.05) is 25.7 Å². The fourth-order valence-electron chi connectivity index (χ4n) is 4.00. The Morgan fingerprint density at radius 3 is 2.50 bits per heavy atom. The van der Waals surface area contributed by atoms with Crippen LogP contribution in [0.5, 0.6) is 0 Å². The highest BCUT2D eigenvalue weighted by Gasteiger charge is 2.27. The third-order valence-electron chi connectivity index (χ3n) is 6.04. The van der Waals surface area contributed by atoms with Gasteiger partial charge in [0.1, 0.15) is 11.6 Å². The lowest BCUT2D eigenvalue weighted by molar-refractivity contribution is 0.187. The van der Waals surface area contributed by atoms with Crippen molar-refractivity contribution in [3.63, 3.8) is 0 Å². The van der Waals surface area contributed by atoms with Gasteiger partial charge >= 0.3 is 0 Å². The van der Waals surface area contributed by atoms with Gasteiger partial charge in [-0.25, -0.2) is 21.6 Å². The number of anilines is 1. The molecule has 0 radical (unpaired) electrons. The lowest BCUT2D eigenvalue weighted by Gasteiger charge is -2.34. The quantitative estimate of drug-likeness (QED) is 0.488. The summed E-state index contributed by atoms with van der Waals surface area (Å²) >= 11 is 0. The number of nitrogens with one attached hydrogen (secondary N) is 1. The number of benzene rings is 2. The summed E-state index contributed by atoms with van der Waals surface area (Å²) in [4.78, 5) is 1.90. The van der Waals surface area contributed by atoms with Gasteiger partial charge in [0, 0.05) is 42.2 Å². The second-order valence-corrected chi connectivity index (χ2v) is 11.2. The highest BCUT2D eigenvalue weighted by atomic mass is 32.2. The van der Waals surface area contributed by atoms with E-state index in [2.05, 4.69) is 9.88 Å². The third-order valence-corrected chi connectivity index (χ3v) is 7.39. The normalized spacial score (nSPS) is 15.7. The molecule has 1 N–H and O–H groups in total. The first-order valence-electron chi connectivity index (χ1n) is 10.9. The molecule has 1 unspecified atom stereocenters. The van der Waals surface area contributed by atoms with Crippen molar-refractivity contribution in [2.75, 3.05) is 11.3 Å². The van der Waals surface area contributed by atoms with Crippen molar-refractivity contribution in [3.8, 4) is 0 Å². The van der Waals surface area contributed by atoms with Crippen LogP contribution in [0.1, 0.15) is 56.2 Å². The minimum atomic E-state index is -3.94. The smallest absolute Gasteiger partial charge is 0.263 e. The first-order valence-corrected chi connectivity index (χ1v) is 12.3. The van der Waals surface area contributed by atoms with E-state index in [1.165, 1.54) is 6.07 Å². The Labute approximate surface area is 196 Å². The van der Waals surface area contributed by atoms with Crippen molar-refractivity contribution in [1.82, 2.24) is 10.1 Å². The Morgan fingerprint density at radius 1 is 1.09 bits per heavy atom. The van der Waals surface area contributed by atoms with E-state index in [-0.39, 0.29) is 21.7 Å². The zero-order valence-electron chi connectivity index (χ0n) is 19.3. The van der Waals surface area contributed by atoms with Gasteiger partial charge in [0.05, 0.1) is 4.90 Å². The molecular weight excluding hydrogens is 467 g/mol. The van der Waals surface area contributed by atoms with Gasteiger partial charge in [-0.15, -0.1) is 0 Å². The number of aromatic nitrogens is 1. The molecule has 3 aromatic rings. The zero-order valence-corrected chi connectivity index (χ0v) is 20.1. The van der Waals surface area contributed by atoms with E-state index in [9.17, 15) is 21.6 Å². The van der Waals surface area contributed by atoms with Gasteiger partial charge in [0.2, 0.25) is 0 Å². The lowest BCUT2D eigenvalue weighted by Crippen LogP contribution is -2.33. The van der Waals surface area contributed by atoms with Gasteiger partial charge in [-0.05, 0) is 42.7 Å². The SMILES string of the molecule is CC(c1cc(F)cc(F)c1F)N1CCc2ccc(S(=O)(=O)Nc3cc(C(C)(C)C)on3)cc2C1. The number of hydrogen-bond acceptors (Lipinski definition) is 5. The Kier molecular flexibility index (Phi) is 6.24. The maximum Gasteiger partial charge on any atom is 0.263 e. The van der Waals surface area contributed by atoms with Crippen LogP contribution in [0.4, 0.5) is 19.0 Å².